The first-order valence-corrected chi connectivity index (χ1v) is 12.0. The van der Waals surface area contributed by atoms with E-state index in [1.54, 1.807) is 12.4 Å². The maximum absolute atomic E-state index is 13.0. The first kappa shape index (κ1) is 21.6. The van der Waals surface area contributed by atoms with Gasteiger partial charge in [0.2, 0.25) is 5.91 Å². The number of likely N-dealkylation sites (tertiary alicyclic amines) is 1. The topological polar surface area (TPSA) is 63.9 Å². The predicted molar refractivity (Wildman–Crippen MR) is 124 cm³/mol. The third kappa shape index (κ3) is 4.66. The Balaban J connectivity index is 1.63. The number of amides is 1. The summed E-state index contributed by atoms with van der Waals surface area (Å²) in [6.45, 7) is 6.45. The van der Waals surface area contributed by atoms with E-state index < -0.39 is 0 Å². The molecule has 1 aliphatic heterocycles. The lowest BCUT2D eigenvalue weighted by Crippen LogP contribution is -2.48. The second kappa shape index (κ2) is 9.64. The smallest absolute Gasteiger partial charge is 0.233 e. The number of aryl methyl sites for hydroxylation is 1. The van der Waals surface area contributed by atoms with Crippen LogP contribution in [-0.2, 0) is 11.2 Å². The van der Waals surface area contributed by atoms with Gasteiger partial charge in [0, 0.05) is 35.7 Å². The van der Waals surface area contributed by atoms with E-state index in [2.05, 4.69) is 65.1 Å². The summed E-state index contributed by atoms with van der Waals surface area (Å²) >= 11 is 1.46. The van der Waals surface area contributed by atoms with Crippen molar-refractivity contribution in [2.45, 2.75) is 63.7 Å². The number of carbonyl (C=O) groups excluding carboxylic acids is 1. The molecule has 2 unspecified atom stereocenters. The normalized spacial score (nSPS) is 18.9. The third-order valence-corrected chi connectivity index (χ3v) is 6.89. The molecule has 1 aliphatic rings. The average Bonchev–Trinajstić information content (AvgIpc) is 3.22. The molecule has 1 aromatic carbocycles. The van der Waals surface area contributed by atoms with Crippen LogP contribution in [0.2, 0.25) is 0 Å². The van der Waals surface area contributed by atoms with E-state index >= 15 is 0 Å². The fraction of sp³-hybridized carbons (Fsp3) is 0.417. The second-order valence-corrected chi connectivity index (χ2v) is 9.06. The molecule has 3 aromatic rings. The van der Waals surface area contributed by atoms with Crippen LogP contribution in [0.4, 0.5) is 0 Å². The molecule has 0 N–H and O–H groups in total. The summed E-state index contributed by atoms with van der Waals surface area (Å²) in [5.74, 6) is 1.28. The Morgan fingerprint density at radius 1 is 1.03 bits per heavy atom. The highest BCUT2D eigenvalue weighted by molar-refractivity contribution is 7.99. The minimum Gasteiger partial charge on any atom is -0.337 e. The Morgan fingerprint density at radius 2 is 1.71 bits per heavy atom. The second-order valence-electron chi connectivity index (χ2n) is 8.12. The van der Waals surface area contributed by atoms with Crippen molar-refractivity contribution in [1.29, 1.82) is 0 Å². The lowest BCUT2D eigenvalue weighted by Gasteiger charge is -2.39. The van der Waals surface area contributed by atoms with Gasteiger partial charge in [0.05, 0.1) is 5.75 Å². The molecule has 6 nitrogen and oxygen atoms in total. The van der Waals surface area contributed by atoms with Crippen LogP contribution in [0.25, 0.3) is 17.1 Å². The molecule has 31 heavy (non-hydrogen) atoms. The molecule has 3 heterocycles. The number of nitrogens with zero attached hydrogens (tertiary/aromatic N) is 5. The Bertz CT molecular complexity index is 1010. The van der Waals surface area contributed by atoms with Crippen molar-refractivity contribution in [2.75, 3.05) is 5.75 Å². The standard InChI is InChI=1S/C24H29N5OS/c1-4-19-8-10-21(11-9-19)29-23(20-12-14-25-15-13-20)26-27-24(29)31-16-22(30)28-17(2)6-5-7-18(28)3/h8-15,17-18H,4-7,16H2,1-3H3. The van der Waals surface area contributed by atoms with Crippen molar-refractivity contribution in [1.82, 2.24) is 24.6 Å². The maximum Gasteiger partial charge on any atom is 0.233 e. The zero-order valence-electron chi connectivity index (χ0n) is 18.4. The van der Waals surface area contributed by atoms with E-state index in [-0.39, 0.29) is 5.91 Å². The fourth-order valence-corrected chi connectivity index (χ4v) is 5.10. The lowest BCUT2D eigenvalue weighted by molar-refractivity contribution is -0.134. The molecule has 4 rings (SSSR count). The van der Waals surface area contributed by atoms with Crippen LogP contribution in [0.15, 0.2) is 53.9 Å². The summed E-state index contributed by atoms with van der Waals surface area (Å²) in [7, 11) is 0. The number of hydrogen-bond donors (Lipinski definition) is 0. The van der Waals surface area contributed by atoms with Crippen LogP contribution in [0.1, 0.15) is 45.6 Å². The number of benzene rings is 1. The summed E-state index contributed by atoms with van der Waals surface area (Å²) in [6, 6.07) is 12.9. The van der Waals surface area contributed by atoms with Crippen molar-refractivity contribution >= 4 is 17.7 Å². The molecule has 0 saturated carbocycles. The van der Waals surface area contributed by atoms with Crippen molar-refractivity contribution in [3.8, 4) is 17.1 Å². The molecule has 7 heteroatoms. The molecule has 0 radical (unpaired) electrons. The minimum absolute atomic E-state index is 0.172. The zero-order chi connectivity index (χ0) is 21.8. The highest BCUT2D eigenvalue weighted by Crippen LogP contribution is 2.29. The Hall–Kier alpha value is -2.67. The molecule has 1 saturated heterocycles. The molecular formula is C24H29N5OS. The molecule has 1 amide bonds. The summed E-state index contributed by atoms with van der Waals surface area (Å²) in [6.07, 6.45) is 7.84. The van der Waals surface area contributed by atoms with Crippen LogP contribution in [-0.4, -0.2) is 48.4 Å². The lowest BCUT2D eigenvalue weighted by atomic mass is 9.98. The minimum atomic E-state index is 0.172. The first-order valence-electron chi connectivity index (χ1n) is 11.0. The summed E-state index contributed by atoms with van der Waals surface area (Å²) in [5.41, 5.74) is 3.21. The van der Waals surface area contributed by atoms with Gasteiger partial charge in [-0.2, -0.15) is 0 Å². The van der Waals surface area contributed by atoms with Crippen molar-refractivity contribution in [3.05, 3.63) is 54.4 Å². The molecule has 0 bridgehead atoms. The van der Waals surface area contributed by atoms with Gasteiger partial charge in [-0.15, -0.1) is 10.2 Å². The molecule has 2 atom stereocenters. The van der Waals surface area contributed by atoms with Gasteiger partial charge in [0.1, 0.15) is 0 Å². The van der Waals surface area contributed by atoms with Crippen LogP contribution in [0, 0.1) is 0 Å². The largest absolute Gasteiger partial charge is 0.337 e. The fourth-order valence-electron chi connectivity index (χ4n) is 4.28. The molecule has 1 fully saturated rings. The van der Waals surface area contributed by atoms with Gasteiger partial charge in [-0.05, 0) is 69.4 Å². The summed E-state index contributed by atoms with van der Waals surface area (Å²) < 4.78 is 2.04. The van der Waals surface area contributed by atoms with Gasteiger partial charge >= 0.3 is 0 Å². The number of pyridine rings is 1. The van der Waals surface area contributed by atoms with Gasteiger partial charge in [-0.25, -0.2) is 0 Å². The van der Waals surface area contributed by atoms with Crippen LogP contribution < -0.4 is 0 Å². The zero-order valence-corrected chi connectivity index (χ0v) is 19.2. The quantitative estimate of drug-likeness (QED) is 0.522. The van der Waals surface area contributed by atoms with Gasteiger partial charge in [-0.1, -0.05) is 30.8 Å². The summed E-state index contributed by atoms with van der Waals surface area (Å²) in [5, 5.41) is 9.64. The maximum atomic E-state index is 13.0. The Morgan fingerprint density at radius 3 is 2.35 bits per heavy atom. The molecule has 0 spiro atoms. The highest BCUT2D eigenvalue weighted by Gasteiger charge is 2.29. The number of carbonyl (C=O) groups is 1. The van der Waals surface area contributed by atoms with E-state index in [0.717, 1.165) is 41.5 Å². The number of piperidine rings is 1. The number of aromatic nitrogens is 4. The van der Waals surface area contributed by atoms with Gasteiger partial charge < -0.3 is 4.90 Å². The summed E-state index contributed by atoms with van der Waals surface area (Å²) in [4.78, 5) is 19.2. The van der Waals surface area contributed by atoms with Crippen LogP contribution >= 0.6 is 11.8 Å². The molecular weight excluding hydrogens is 406 g/mol. The highest BCUT2D eigenvalue weighted by atomic mass is 32.2. The molecule has 0 aliphatic carbocycles. The Labute approximate surface area is 188 Å². The van der Waals surface area contributed by atoms with E-state index in [1.165, 1.54) is 23.7 Å². The number of thioether (sulfide) groups is 1. The third-order valence-electron chi connectivity index (χ3n) is 5.98. The van der Waals surface area contributed by atoms with Gasteiger partial charge in [0.15, 0.2) is 11.0 Å². The van der Waals surface area contributed by atoms with E-state index in [0.29, 0.717) is 17.8 Å². The SMILES string of the molecule is CCc1ccc(-n2c(SCC(=O)N3C(C)CCCC3C)nnc2-c2ccncc2)cc1. The number of hydrogen-bond acceptors (Lipinski definition) is 5. The van der Waals surface area contributed by atoms with Crippen molar-refractivity contribution in [3.63, 3.8) is 0 Å². The van der Waals surface area contributed by atoms with E-state index in [1.807, 2.05) is 16.7 Å². The van der Waals surface area contributed by atoms with Gasteiger partial charge in [-0.3, -0.25) is 14.3 Å². The van der Waals surface area contributed by atoms with E-state index in [9.17, 15) is 4.79 Å². The van der Waals surface area contributed by atoms with Crippen LogP contribution in [0.3, 0.4) is 0 Å². The Kier molecular flexibility index (Phi) is 6.70. The van der Waals surface area contributed by atoms with Crippen molar-refractivity contribution < 1.29 is 4.79 Å². The number of rotatable bonds is 6. The monoisotopic (exact) mass is 435 g/mol. The van der Waals surface area contributed by atoms with Crippen molar-refractivity contribution in [2.24, 2.45) is 0 Å². The molecule has 2 aromatic heterocycles. The van der Waals surface area contributed by atoms with Crippen LogP contribution in [0.5, 0.6) is 0 Å². The van der Waals surface area contributed by atoms with Gasteiger partial charge in [0.25, 0.3) is 0 Å². The molecule has 162 valence electrons. The van der Waals surface area contributed by atoms with E-state index in [4.69, 9.17) is 0 Å². The predicted octanol–water partition coefficient (Wildman–Crippen LogP) is 4.77. The average molecular weight is 436 g/mol. The first-order chi connectivity index (χ1) is 15.1.